The summed E-state index contributed by atoms with van der Waals surface area (Å²) in [5, 5.41) is 14.1. The van der Waals surface area contributed by atoms with Crippen LogP contribution >= 0.6 is 23.2 Å². The molecule has 4 atom stereocenters. The van der Waals surface area contributed by atoms with Crippen molar-refractivity contribution >= 4 is 29.2 Å². The third-order valence-electron chi connectivity index (χ3n) is 4.74. The monoisotopic (exact) mass is 313 g/mol. The summed E-state index contributed by atoms with van der Waals surface area (Å²) in [4.78, 5) is 11.4. The van der Waals surface area contributed by atoms with Crippen molar-refractivity contribution in [3.05, 3.63) is 33.8 Å². The number of benzene rings is 1. The molecule has 2 saturated carbocycles. The van der Waals surface area contributed by atoms with Gasteiger partial charge in [0.15, 0.2) is 0 Å². The third kappa shape index (κ3) is 2.54. The van der Waals surface area contributed by atoms with Gasteiger partial charge in [0.05, 0.1) is 5.92 Å². The predicted molar refractivity (Wildman–Crippen MR) is 79.0 cm³/mol. The highest BCUT2D eigenvalue weighted by atomic mass is 35.5. The molecule has 0 aliphatic heterocycles. The van der Waals surface area contributed by atoms with Crippen molar-refractivity contribution in [2.75, 3.05) is 0 Å². The Morgan fingerprint density at radius 1 is 1.30 bits per heavy atom. The Kier molecular flexibility index (Phi) is 3.93. The fourth-order valence-electron chi connectivity index (χ4n) is 3.83. The lowest BCUT2D eigenvalue weighted by atomic mass is 9.84. The topological polar surface area (TPSA) is 49.3 Å². The SMILES string of the molecule is O=C(O)C1C2CCC(C2)C1NCc1ccc(Cl)cc1Cl. The number of hydrogen-bond acceptors (Lipinski definition) is 2. The molecule has 108 valence electrons. The molecule has 0 saturated heterocycles. The van der Waals surface area contributed by atoms with E-state index in [-0.39, 0.29) is 12.0 Å². The summed E-state index contributed by atoms with van der Waals surface area (Å²) in [6.07, 6.45) is 3.24. The van der Waals surface area contributed by atoms with Crippen molar-refractivity contribution in [2.24, 2.45) is 17.8 Å². The molecule has 2 fully saturated rings. The molecule has 5 heteroatoms. The molecule has 0 aromatic heterocycles. The first kappa shape index (κ1) is 14.2. The summed E-state index contributed by atoms with van der Waals surface area (Å²) >= 11 is 12.0. The first-order valence-electron chi connectivity index (χ1n) is 6.96. The summed E-state index contributed by atoms with van der Waals surface area (Å²) in [6, 6.07) is 5.48. The van der Waals surface area contributed by atoms with Gasteiger partial charge in [0.2, 0.25) is 0 Å². The predicted octanol–water partition coefficient (Wildman–Crippen LogP) is 3.58. The maximum Gasteiger partial charge on any atom is 0.308 e. The second-order valence-electron chi connectivity index (χ2n) is 5.84. The minimum atomic E-state index is -0.670. The lowest BCUT2D eigenvalue weighted by Crippen LogP contribution is -2.43. The molecule has 3 rings (SSSR count). The van der Waals surface area contributed by atoms with Crippen LogP contribution in [-0.4, -0.2) is 17.1 Å². The number of aliphatic carboxylic acids is 1. The summed E-state index contributed by atoms with van der Waals surface area (Å²) in [5.41, 5.74) is 0.961. The van der Waals surface area contributed by atoms with Gasteiger partial charge >= 0.3 is 5.97 Å². The molecular weight excluding hydrogens is 297 g/mol. The first-order chi connectivity index (χ1) is 9.56. The zero-order valence-electron chi connectivity index (χ0n) is 11.0. The number of rotatable bonds is 4. The Morgan fingerprint density at radius 3 is 2.75 bits per heavy atom. The van der Waals surface area contributed by atoms with E-state index in [0.717, 1.165) is 24.8 Å². The van der Waals surface area contributed by atoms with Gasteiger partial charge in [-0.3, -0.25) is 4.79 Å². The van der Waals surface area contributed by atoms with E-state index in [1.807, 2.05) is 6.07 Å². The highest BCUT2D eigenvalue weighted by molar-refractivity contribution is 6.35. The highest BCUT2D eigenvalue weighted by Crippen LogP contribution is 2.48. The van der Waals surface area contributed by atoms with Crippen LogP contribution in [0.1, 0.15) is 24.8 Å². The standard InChI is InChI=1S/C15H17Cl2NO2/c16-11-4-3-10(12(17)6-11)7-18-14-9-2-1-8(5-9)13(14)15(19)20/h3-4,6,8-9,13-14,18H,1-2,5,7H2,(H,19,20). The van der Waals surface area contributed by atoms with Crippen molar-refractivity contribution in [1.29, 1.82) is 0 Å². The van der Waals surface area contributed by atoms with E-state index in [0.29, 0.717) is 28.4 Å². The number of fused-ring (bicyclic) bond motifs is 2. The Morgan fingerprint density at radius 2 is 2.05 bits per heavy atom. The average Bonchev–Trinajstić information content (AvgIpc) is 2.97. The van der Waals surface area contributed by atoms with Gasteiger partial charge in [0, 0.05) is 22.6 Å². The number of halogens is 2. The van der Waals surface area contributed by atoms with Gasteiger partial charge < -0.3 is 10.4 Å². The second kappa shape index (κ2) is 5.55. The van der Waals surface area contributed by atoms with E-state index >= 15 is 0 Å². The van der Waals surface area contributed by atoms with Crippen molar-refractivity contribution in [3.8, 4) is 0 Å². The van der Waals surface area contributed by atoms with Gasteiger partial charge in [-0.05, 0) is 48.8 Å². The Hall–Kier alpha value is -0.770. The fourth-order valence-corrected chi connectivity index (χ4v) is 4.31. The molecule has 1 aromatic carbocycles. The Labute approximate surface area is 128 Å². The zero-order valence-corrected chi connectivity index (χ0v) is 12.5. The van der Waals surface area contributed by atoms with Gasteiger partial charge in [0.1, 0.15) is 0 Å². The lowest BCUT2D eigenvalue weighted by molar-refractivity contribution is -0.144. The zero-order chi connectivity index (χ0) is 14.3. The van der Waals surface area contributed by atoms with E-state index in [1.165, 1.54) is 0 Å². The van der Waals surface area contributed by atoms with E-state index in [2.05, 4.69) is 5.32 Å². The molecule has 2 aliphatic carbocycles. The quantitative estimate of drug-likeness (QED) is 0.893. The Bertz CT molecular complexity index is 535. The highest BCUT2D eigenvalue weighted by Gasteiger charge is 2.50. The maximum atomic E-state index is 11.4. The molecule has 2 N–H and O–H groups in total. The summed E-state index contributed by atoms with van der Waals surface area (Å²) in [6.45, 7) is 0.591. The van der Waals surface area contributed by atoms with E-state index in [9.17, 15) is 9.90 Å². The maximum absolute atomic E-state index is 11.4. The molecule has 0 amide bonds. The van der Waals surface area contributed by atoms with Gasteiger partial charge in [0.25, 0.3) is 0 Å². The van der Waals surface area contributed by atoms with Crippen LogP contribution in [0.15, 0.2) is 18.2 Å². The fraction of sp³-hybridized carbons (Fsp3) is 0.533. The van der Waals surface area contributed by atoms with E-state index in [4.69, 9.17) is 23.2 Å². The number of hydrogen-bond donors (Lipinski definition) is 2. The Balaban J connectivity index is 1.70. The van der Waals surface area contributed by atoms with Crippen LogP contribution in [0.3, 0.4) is 0 Å². The van der Waals surface area contributed by atoms with Crippen LogP contribution < -0.4 is 5.32 Å². The van der Waals surface area contributed by atoms with Gasteiger partial charge in [-0.25, -0.2) is 0 Å². The molecule has 4 unspecified atom stereocenters. The van der Waals surface area contributed by atoms with Crippen molar-refractivity contribution in [1.82, 2.24) is 5.32 Å². The lowest BCUT2D eigenvalue weighted by Gasteiger charge is -2.29. The van der Waals surface area contributed by atoms with E-state index in [1.54, 1.807) is 12.1 Å². The van der Waals surface area contributed by atoms with Crippen LogP contribution in [-0.2, 0) is 11.3 Å². The van der Waals surface area contributed by atoms with E-state index < -0.39 is 5.97 Å². The van der Waals surface area contributed by atoms with Crippen LogP contribution in [0.25, 0.3) is 0 Å². The average molecular weight is 314 g/mol. The van der Waals surface area contributed by atoms with Gasteiger partial charge in [-0.15, -0.1) is 0 Å². The smallest absolute Gasteiger partial charge is 0.308 e. The molecule has 0 radical (unpaired) electrons. The molecule has 2 aliphatic rings. The van der Waals surface area contributed by atoms with Crippen molar-refractivity contribution in [2.45, 2.75) is 31.8 Å². The minimum Gasteiger partial charge on any atom is -0.481 e. The molecule has 1 aromatic rings. The second-order valence-corrected chi connectivity index (χ2v) is 6.68. The number of carboxylic acids is 1. The first-order valence-corrected chi connectivity index (χ1v) is 7.72. The minimum absolute atomic E-state index is 0.0676. The largest absolute Gasteiger partial charge is 0.481 e. The van der Waals surface area contributed by atoms with Crippen LogP contribution in [0.5, 0.6) is 0 Å². The van der Waals surface area contributed by atoms with Crippen LogP contribution in [0.2, 0.25) is 10.0 Å². The molecule has 3 nitrogen and oxygen atoms in total. The summed E-state index contributed by atoms with van der Waals surface area (Å²) < 4.78 is 0. The van der Waals surface area contributed by atoms with Crippen molar-refractivity contribution < 1.29 is 9.90 Å². The molecule has 2 bridgehead atoms. The van der Waals surface area contributed by atoms with Crippen LogP contribution in [0, 0.1) is 17.8 Å². The summed E-state index contributed by atoms with van der Waals surface area (Å²) in [5.74, 6) is -0.0837. The van der Waals surface area contributed by atoms with Gasteiger partial charge in [-0.2, -0.15) is 0 Å². The number of nitrogens with one attached hydrogen (secondary N) is 1. The molecule has 0 spiro atoms. The van der Waals surface area contributed by atoms with Gasteiger partial charge in [-0.1, -0.05) is 29.3 Å². The third-order valence-corrected chi connectivity index (χ3v) is 5.33. The molecule has 0 heterocycles. The number of carbonyl (C=O) groups is 1. The number of carboxylic acid groups (broad SMARTS) is 1. The molecule has 20 heavy (non-hydrogen) atoms. The summed E-state index contributed by atoms with van der Waals surface area (Å²) in [7, 11) is 0. The van der Waals surface area contributed by atoms with Crippen molar-refractivity contribution in [3.63, 3.8) is 0 Å². The molecular formula is C15H17Cl2NO2. The van der Waals surface area contributed by atoms with Crippen LogP contribution in [0.4, 0.5) is 0 Å². The normalized spacial score (nSPS) is 31.7.